The molecule has 2 aliphatic heterocycles. The van der Waals surface area contributed by atoms with Gasteiger partial charge < -0.3 is 25.4 Å². The number of rotatable bonds is 6. The smallest absolute Gasteiger partial charge is 0.404 e. The molecule has 8 nitrogen and oxygen atoms in total. The number of hydrogen-bond acceptors (Lipinski definition) is 6. The number of benzene rings is 1. The zero-order valence-electron chi connectivity index (χ0n) is 17.8. The van der Waals surface area contributed by atoms with Crippen molar-refractivity contribution in [2.45, 2.75) is 37.8 Å². The van der Waals surface area contributed by atoms with Gasteiger partial charge in [-0.25, -0.2) is 23.5 Å². The van der Waals surface area contributed by atoms with Crippen molar-refractivity contribution < 1.29 is 23.4 Å². The quantitative estimate of drug-likeness (QED) is 0.626. The maximum absolute atomic E-state index is 14.4. The fourth-order valence-electron chi connectivity index (χ4n) is 4.54. The molecule has 32 heavy (non-hydrogen) atoms. The number of piperidine rings is 1. The first-order valence-electron chi connectivity index (χ1n) is 10.8. The molecule has 0 unspecified atom stereocenters. The second kappa shape index (κ2) is 9.64. The number of anilines is 1. The van der Waals surface area contributed by atoms with Crippen LogP contribution in [0, 0.1) is 17.6 Å². The highest BCUT2D eigenvalue weighted by molar-refractivity contribution is 5.65. The number of nitrogens with zero attached hydrogens (tertiary/aromatic N) is 3. The van der Waals surface area contributed by atoms with Crippen LogP contribution in [-0.2, 0) is 0 Å². The Labute approximate surface area is 185 Å². The third-order valence-corrected chi connectivity index (χ3v) is 6.25. The second-order valence-electron chi connectivity index (χ2n) is 8.36. The van der Waals surface area contributed by atoms with Gasteiger partial charge in [0.15, 0.2) is 5.75 Å². The molecule has 172 valence electrons. The third kappa shape index (κ3) is 5.07. The Kier molecular flexibility index (Phi) is 6.69. The van der Waals surface area contributed by atoms with E-state index in [0.29, 0.717) is 17.6 Å². The molecule has 0 radical (unpaired) electrons. The van der Waals surface area contributed by atoms with Gasteiger partial charge in [0, 0.05) is 19.0 Å². The molecule has 10 heteroatoms. The molecule has 1 aromatic carbocycles. The van der Waals surface area contributed by atoms with Gasteiger partial charge in [-0.05, 0) is 62.5 Å². The maximum Gasteiger partial charge on any atom is 0.404 e. The van der Waals surface area contributed by atoms with Crippen molar-refractivity contribution >= 4 is 12.0 Å². The zero-order valence-corrected chi connectivity index (χ0v) is 17.8. The first-order chi connectivity index (χ1) is 15.4. The summed E-state index contributed by atoms with van der Waals surface area (Å²) in [4.78, 5) is 21.8. The van der Waals surface area contributed by atoms with E-state index in [1.807, 2.05) is 6.92 Å². The molecule has 4 rings (SSSR count). The molecule has 3 heterocycles. The molecule has 0 bridgehead atoms. The van der Waals surface area contributed by atoms with Crippen LogP contribution >= 0.6 is 0 Å². The van der Waals surface area contributed by atoms with Gasteiger partial charge >= 0.3 is 6.09 Å². The number of carboxylic acid groups (broad SMARTS) is 1. The van der Waals surface area contributed by atoms with Crippen LogP contribution in [0.15, 0.2) is 30.6 Å². The number of aromatic nitrogens is 2. The van der Waals surface area contributed by atoms with Gasteiger partial charge in [-0.15, -0.1) is 0 Å². The highest BCUT2D eigenvalue weighted by Crippen LogP contribution is 2.32. The van der Waals surface area contributed by atoms with E-state index in [-0.39, 0.29) is 24.8 Å². The number of amides is 1. The van der Waals surface area contributed by atoms with Crippen LogP contribution < -0.4 is 20.3 Å². The average molecular weight is 447 g/mol. The summed E-state index contributed by atoms with van der Waals surface area (Å²) in [6.07, 6.45) is 4.12. The Morgan fingerprint density at radius 3 is 2.66 bits per heavy atom. The molecule has 3 atom stereocenters. The van der Waals surface area contributed by atoms with E-state index in [0.717, 1.165) is 44.1 Å². The van der Waals surface area contributed by atoms with Crippen LogP contribution in [0.1, 0.15) is 31.2 Å². The lowest BCUT2D eigenvalue weighted by molar-refractivity contribution is 0.127. The number of hydrogen-bond donors (Lipinski definition) is 3. The van der Waals surface area contributed by atoms with Crippen LogP contribution in [0.5, 0.6) is 5.75 Å². The van der Waals surface area contributed by atoms with E-state index in [1.165, 1.54) is 0 Å². The van der Waals surface area contributed by atoms with Gasteiger partial charge in [0.2, 0.25) is 5.95 Å². The van der Waals surface area contributed by atoms with Gasteiger partial charge in [0.05, 0.1) is 24.5 Å². The maximum atomic E-state index is 14.4. The van der Waals surface area contributed by atoms with E-state index in [1.54, 1.807) is 17.3 Å². The summed E-state index contributed by atoms with van der Waals surface area (Å²) < 4.78 is 34.1. The van der Waals surface area contributed by atoms with E-state index >= 15 is 0 Å². The summed E-state index contributed by atoms with van der Waals surface area (Å²) in [7, 11) is 0. The topological polar surface area (TPSA) is 99.6 Å². The average Bonchev–Trinajstić information content (AvgIpc) is 3.19. The van der Waals surface area contributed by atoms with Crippen LogP contribution in [0.4, 0.5) is 19.5 Å². The molecule has 2 aliphatic rings. The van der Waals surface area contributed by atoms with Crippen molar-refractivity contribution in [3.63, 3.8) is 0 Å². The SMILES string of the molecule is C[C@H](Oc1cnc(N2C[C@H](NC(=O)O)[C@@H](c3cc(F)ccc3F)C2)nc1)C1CCNCC1. The van der Waals surface area contributed by atoms with Crippen molar-refractivity contribution in [3.05, 3.63) is 47.8 Å². The Balaban J connectivity index is 1.47. The van der Waals surface area contributed by atoms with Crippen molar-refractivity contribution in [2.75, 3.05) is 31.1 Å². The molecule has 1 aromatic heterocycles. The van der Waals surface area contributed by atoms with Gasteiger partial charge in [0.1, 0.15) is 11.6 Å². The van der Waals surface area contributed by atoms with Gasteiger partial charge in [-0.3, -0.25) is 0 Å². The van der Waals surface area contributed by atoms with Crippen molar-refractivity contribution in [1.29, 1.82) is 0 Å². The molecule has 0 spiro atoms. The molecular formula is C22H27F2N5O3. The van der Waals surface area contributed by atoms with Gasteiger partial charge in [-0.2, -0.15) is 0 Å². The number of halogens is 2. The van der Waals surface area contributed by atoms with E-state index in [9.17, 15) is 18.7 Å². The molecule has 2 fully saturated rings. The minimum atomic E-state index is -1.23. The fourth-order valence-corrected chi connectivity index (χ4v) is 4.54. The first kappa shape index (κ1) is 22.2. The predicted octanol–water partition coefficient (Wildman–Crippen LogP) is 2.76. The Bertz CT molecular complexity index is 940. The van der Waals surface area contributed by atoms with Gasteiger partial charge in [-0.1, -0.05) is 0 Å². The monoisotopic (exact) mass is 447 g/mol. The van der Waals surface area contributed by atoms with Crippen LogP contribution in [0.2, 0.25) is 0 Å². The Morgan fingerprint density at radius 2 is 1.97 bits per heavy atom. The Morgan fingerprint density at radius 1 is 1.25 bits per heavy atom. The standard InChI is InChI=1S/C22H27F2N5O3/c1-13(14-4-6-25-7-5-14)32-16-9-26-21(27-10-16)29-11-18(20(12-29)28-22(30)31)17-8-15(23)2-3-19(17)24/h2-3,8-10,13-14,18,20,25,28H,4-7,11-12H2,1H3,(H,30,31)/t13-,18+,20-/m0/s1. The van der Waals surface area contributed by atoms with Gasteiger partial charge in [0.25, 0.3) is 0 Å². The lowest BCUT2D eigenvalue weighted by atomic mass is 9.93. The molecule has 1 amide bonds. The van der Waals surface area contributed by atoms with Crippen LogP contribution in [0.3, 0.4) is 0 Å². The Hall–Kier alpha value is -3.01. The molecule has 2 saturated heterocycles. The molecule has 2 aromatic rings. The summed E-state index contributed by atoms with van der Waals surface area (Å²) in [5.74, 6) is -0.322. The van der Waals surface area contributed by atoms with Crippen molar-refractivity contribution in [1.82, 2.24) is 20.6 Å². The predicted molar refractivity (Wildman–Crippen MR) is 114 cm³/mol. The first-order valence-corrected chi connectivity index (χ1v) is 10.8. The van der Waals surface area contributed by atoms with Crippen LogP contribution in [0.25, 0.3) is 0 Å². The highest BCUT2D eigenvalue weighted by atomic mass is 19.1. The lowest BCUT2D eigenvalue weighted by Gasteiger charge is -2.28. The molecular weight excluding hydrogens is 420 g/mol. The summed E-state index contributed by atoms with van der Waals surface area (Å²) >= 11 is 0. The largest absolute Gasteiger partial charge is 0.487 e. The number of carbonyl (C=O) groups is 1. The molecule has 0 saturated carbocycles. The number of ether oxygens (including phenoxy) is 1. The van der Waals surface area contributed by atoms with E-state index < -0.39 is 29.7 Å². The fraction of sp³-hybridized carbons (Fsp3) is 0.500. The second-order valence-corrected chi connectivity index (χ2v) is 8.36. The normalized spacial score (nSPS) is 22.5. The third-order valence-electron chi connectivity index (χ3n) is 6.25. The summed E-state index contributed by atoms with van der Waals surface area (Å²) in [6, 6.07) is 2.57. The minimum Gasteiger partial charge on any atom is -0.487 e. The summed E-state index contributed by atoms with van der Waals surface area (Å²) in [5.41, 5.74) is 0.127. The summed E-state index contributed by atoms with van der Waals surface area (Å²) in [5, 5.41) is 14.9. The molecule has 0 aliphatic carbocycles. The summed E-state index contributed by atoms with van der Waals surface area (Å²) in [6.45, 7) is 4.50. The van der Waals surface area contributed by atoms with Crippen molar-refractivity contribution in [2.24, 2.45) is 5.92 Å². The van der Waals surface area contributed by atoms with E-state index in [4.69, 9.17) is 4.74 Å². The lowest BCUT2D eigenvalue weighted by Crippen LogP contribution is -2.39. The minimum absolute atomic E-state index is 0.0443. The zero-order chi connectivity index (χ0) is 22.7. The van der Waals surface area contributed by atoms with Crippen molar-refractivity contribution in [3.8, 4) is 5.75 Å². The number of nitrogens with one attached hydrogen (secondary N) is 2. The highest BCUT2D eigenvalue weighted by Gasteiger charge is 2.37. The van der Waals surface area contributed by atoms with E-state index in [2.05, 4.69) is 20.6 Å². The molecule has 3 N–H and O–H groups in total. The van der Waals surface area contributed by atoms with Crippen LogP contribution in [-0.4, -0.2) is 59.5 Å².